The summed E-state index contributed by atoms with van der Waals surface area (Å²) in [4.78, 5) is 36.9. The molecule has 0 saturated carbocycles. The fraction of sp³-hybridized carbons (Fsp3) is 0.694. The first-order valence-corrected chi connectivity index (χ1v) is 23.0. The first kappa shape index (κ1) is 54.7. The number of carboxylic acids is 1. The van der Waals surface area contributed by atoms with E-state index in [-0.39, 0.29) is 19.4 Å². The summed E-state index contributed by atoms with van der Waals surface area (Å²) >= 11 is 0. The van der Waals surface area contributed by atoms with Gasteiger partial charge in [0.25, 0.3) is 0 Å². The van der Waals surface area contributed by atoms with Crippen molar-refractivity contribution in [1.82, 2.24) is 0 Å². The molecule has 1 heterocycles. The van der Waals surface area contributed by atoms with Crippen molar-refractivity contribution in [3.63, 3.8) is 0 Å². The minimum Gasteiger partial charge on any atom is -0.479 e. The molecule has 0 bridgehead atoms. The number of allylic oxidation sites excluding steroid dienone is 12. The van der Waals surface area contributed by atoms with E-state index < -0.39 is 61.3 Å². The number of hydrogen-bond acceptors (Lipinski definition) is 10. The lowest BCUT2D eigenvalue weighted by molar-refractivity contribution is -0.298. The molecule has 1 aliphatic rings. The van der Waals surface area contributed by atoms with Crippen molar-refractivity contribution in [3.05, 3.63) is 72.9 Å². The molecule has 0 amide bonds. The minimum atomic E-state index is -1.87. The maximum atomic E-state index is 12.8. The van der Waals surface area contributed by atoms with Gasteiger partial charge in [-0.05, 0) is 83.5 Å². The predicted octanol–water partition coefficient (Wildman–Crippen LogP) is 10.1. The van der Waals surface area contributed by atoms with E-state index in [4.69, 9.17) is 18.9 Å². The molecule has 0 aromatic heterocycles. The summed E-state index contributed by atoms with van der Waals surface area (Å²) in [6, 6.07) is 0. The Labute approximate surface area is 361 Å². The van der Waals surface area contributed by atoms with Gasteiger partial charge in [-0.1, -0.05) is 145 Å². The van der Waals surface area contributed by atoms with E-state index in [2.05, 4.69) is 86.8 Å². The first-order chi connectivity index (χ1) is 29.2. The lowest BCUT2D eigenvalue weighted by atomic mass is 9.99. The van der Waals surface area contributed by atoms with Crippen LogP contribution in [-0.2, 0) is 33.3 Å². The highest BCUT2D eigenvalue weighted by Gasteiger charge is 2.47. The van der Waals surface area contributed by atoms with Crippen LogP contribution in [-0.4, -0.2) is 88.4 Å². The number of carbonyl (C=O) groups excluding carboxylic acids is 2. The number of unbranched alkanes of at least 4 members (excludes halogenated alkanes) is 14. The van der Waals surface area contributed by atoms with E-state index in [0.717, 1.165) is 103 Å². The van der Waals surface area contributed by atoms with Gasteiger partial charge in [0.05, 0.1) is 6.61 Å². The van der Waals surface area contributed by atoms with Gasteiger partial charge in [0.15, 0.2) is 18.5 Å². The average molecular weight is 845 g/mol. The molecule has 11 nitrogen and oxygen atoms in total. The Morgan fingerprint density at radius 1 is 0.533 bits per heavy atom. The normalized spacial score (nSPS) is 20.4. The van der Waals surface area contributed by atoms with E-state index in [0.29, 0.717) is 12.8 Å². The molecule has 0 spiro atoms. The molecule has 1 fully saturated rings. The van der Waals surface area contributed by atoms with Crippen molar-refractivity contribution in [1.29, 1.82) is 0 Å². The molecular formula is C49H80O11. The van der Waals surface area contributed by atoms with Gasteiger partial charge < -0.3 is 39.4 Å². The lowest BCUT2D eigenvalue weighted by Gasteiger charge is -2.38. The van der Waals surface area contributed by atoms with Crippen LogP contribution in [0.2, 0.25) is 0 Å². The van der Waals surface area contributed by atoms with Crippen molar-refractivity contribution in [3.8, 4) is 0 Å². The fourth-order valence-corrected chi connectivity index (χ4v) is 6.43. The molecular weight excluding hydrogens is 765 g/mol. The molecule has 11 heteroatoms. The number of carboxylic acid groups (broad SMARTS) is 1. The van der Waals surface area contributed by atoms with Gasteiger partial charge in [0.2, 0.25) is 0 Å². The highest BCUT2D eigenvalue weighted by molar-refractivity contribution is 5.73. The number of rotatable bonds is 37. The molecule has 0 aliphatic carbocycles. The second-order valence-corrected chi connectivity index (χ2v) is 15.5. The second kappa shape index (κ2) is 38.6. The van der Waals surface area contributed by atoms with Gasteiger partial charge in [0.1, 0.15) is 24.9 Å². The van der Waals surface area contributed by atoms with Crippen LogP contribution in [0.15, 0.2) is 72.9 Å². The Morgan fingerprint density at radius 3 is 1.48 bits per heavy atom. The van der Waals surface area contributed by atoms with Crippen LogP contribution in [0.3, 0.4) is 0 Å². The number of aliphatic hydroxyl groups excluding tert-OH is 3. The van der Waals surface area contributed by atoms with Crippen molar-refractivity contribution in [2.24, 2.45) is 0 Å². The molecule has 1 saturated heterocycles. The van der Waals surface area contributed by atoms with Crippen molar-refractivity contribution in [2.75, 3.05) is 13.2 Å². The fourth-order valence-electron chi connectivity index (χ4n) is 6.43. The largest absolute Gasteiger partial charge is 0.479 e. The summed E-state index contributed by atoms with van der Waals surface area (Å²) in [6.45, 7) is 3.64. The molecule has 6 unspecified atom stereocenters. The Kier molecular flexibility index (Phi) is 35.1. The Morgan fingerprint density at radius 2 is 0.983 bits per heavy atom. The zero-order chi connectivity index (χ0) is 43.9. The highest BCUT2D eigenvalue weighted by atomic mass is 16.7. The summed E-state index contributed by atoms with van der Waals surface area (Å²) in [5.74, 6) is -2.49. The van der Waals surface area contributed by atoms with Gasteiger partial charge in [-0.3, -0.25) is 9.59 Å². The molecule has 1 rings (SSSR count). The van der Waals surface area contributed by atoms with Gasteiger partial charge in [0, 0.05) is 12.8 Å². The van der Waals surface area contributed by atoms with Crippen LogP contribution in [0.1, 0.15) is 168 Å². The summed E-state index contributed by atoms with van der Waals surface area (Å²) in [6.07, 6.45) is 39.5. The molecule has 342 valence electrons. The Bertz CT molecular complexity index is 1270. The summed E-state index contributed by atoms with van der Waals surface area (Å²) < 4.78 is 21.7. The molecule has 1 aliphatic heterocycles. The van der Waals surface area contributed by atoms with Crippen LogP contribution in [0.5, 0.6) is 0 Å². The monoisotopic (exact) mass is 845 g/mol. The van der Waals surface area contributed by atoms with Gasteiger partial charge in [-0.2, -0.15) is 0 Å². The topological polar surface area (TPSA) is 169 Å². The predicted molar refractivity (Wildman–Crippen MR) is 238 cm³/mol. The molecule has 0 radical (unpaired) electrons. The third-order valence-corrected chi connectivity index (χ3v) is 10.0. The Balaban J connectivity index is 2.38. The van der Waals surface area contributed by atoms with E-state index in [1.165, 1.54) is 25.7 Å². The van der Waals surface area contributed by atoms with Gasteiger partial charge in [-0.15, -0.1) is 0 Å². The zero-order valence-corrected chi connectivity index (χ0v) is 36.9. The van der Waals surface area contributed by atoms with Crippen molar-refractivity contribution < 1.29 is 53.8 Å². The van der Waals surface area contributed by atoms with Crippen LogP contribution < -0.4 is 0 Å². The molecule has 0 aromatic rings. The van der Waals surface area contributed by atoms with Crippen LogP contribution in [0.25, 0.3) is 0 Å². The Hall–Kier alpha value is -3.35. The van der Waals surface area contributed by atoms with Gasteiger partial charge >= 0.3 is 17.9 Å². The standard InChI is InChI=1S/C49H80O11/c1-3-5-7-9-11-13-15-17-19-20-21-22-24-25-27-29-31-33-35-37-42(50)57-39-41(40-58-49-46(54)44(52)45(53)47(60-49)48(55)56)59-43(51)38-36-34-32-30-28-26-23-18-16-14-12-10-8-6-4-2/h6,8,11-14,17-19,21-23,41,44-47,49,52-54H,3-5,7,9-10,15-16,20,24-40H2,1-2H3,(H,55,56)/b8-6-,13-11-,14-12-,19-17-,22-21-,23-18-. The quantitative estimate of drug-likeness (QED) is 0.0267. The molecule has 6 atom stereocenters. The number of aliphatic carboxylic acids is 1. The van der Waals surface area contributed by atoms with Gasteiger partial charge in [-0.25, -0.2) is 4.79 Å². The second-order valence-electron chi connectivity index (χ2n) is 15.5. The molecule has 0 aromatic carbocycles. The smallest absolute Gasteiger partial charge is 0.335 e. The SMILES string of the molecule is CC/C=C\C/C=C\C/C=C\CCCCCCCC(=O)OC(COC(=O)CCCCCCCC/C=C\C/C=C\C/C=C\CCCCC)COC1OC(C(=O)O)C(O)C(O)C1O. The number of aliphatic hydroxyl groups is 3. The van der Waals surface area contributed by atoms with E-state index in [1.807, 2.05) is 0 Å². The summed E-state index contributed by atoms with van der Waals surface area (Å²) in [5, 5.41) is 39.8. The highest BCUT2D eigenvalue weighted by Crippen LogP contribution is 2.23. The number of esters is 2. The average Bonchev–Trinajstić information content (AvgIpc) is 3.23. The van der Waals surface area contributed by atoms with Crippen LogP contribution in [0.4, 0.5) is 0 Å². The maximum absolute atomic E-state index is 12.8. The lowest BCUT2D eigenvalue weighted by Crippen LogP contribution is -2.60. The van der Waals surface area contributed by atoms with Crippen LogP contribution >= 0.6 is 0 Å². The molecule has 4 N–H and O–H groups in total. The number of ether oxygens (including phenoxy) is 4. The summed E-state index contributed by atoms with van der Waals surface area (Å²) in [5.41, 5.74) is 0. The third-order valence-electron chi connectivity index (χ3n) is 10.0. The van der Waals surface area contributed by atoms with Crippen molar-refractivity contribution >= 4 is 17.9 Å². The van der Waals surface area contributed by atoms with Crippen LogP contribution in [0, 0.1) is 0 Å². The number of carbonyl (C=O) groups is 3. The summed E-state index contributed by atoms with van der Waals surface area (Å²) in [7, 11) is 0. The number of hydrogen-bond donors (Lipinski definition) is 4. The van der Waals surface area contributed by atoms with E-state index in [1.54, 1.807) is 0 Å². The zero-order valence-electron chi connectivity index (χ0n) is 36.9. The van der Waals surface area contributed by atoms with E-state index >= 15 is 0 Å². The van der Waals surface area contributed by atoms with Crippen molar-refractivity contribution in [2.45, 2.75) is 205 Å². The molecule has 60 heavy (non-hydrogen) atoms. The first-order valence-electron chi connectivity index (χ1n) is 23.0. The third kappa shape index (κ3) is 29.8. The maximum Gasteiger partial charge on any atom is 0.335 e. The van der Waals surface area contributed by atoms with E-state index in [9.17, 15) is 34.8 Å². The minimum absolute atomic E-state index is 0.156.